The smallest absolute Gasteiger partial charge is 0.244 e. The van der Waals surface area contributed by atoms with E-state index >= 15 is 0 Å². The summed E-state index contributed by atoms with van der Waals surface area (Å²) in [6.07, 6.45) is 0. The van der Waals surface area contributed by atoms with Crippen molar-refractivity contribution >= 4 is 39.1 Å². The molecule has 0 saturated heterocycles. The van der Waals surface area contributed by atoms with Crippen molar-refractivity contribution in [1.29, 1.82) is 0 Å². The van der Waals surface area contributed by atoms with Crippen LogP contribution >= 0.6 is 15.9 Å². The summed E-state index contributed by atoms with van der Waals surface area (Å²) in [6, 6.07) is 9.76. The molecule has 1 N–H and O–H groups in total. The molecule has 0 atom stereocenters. The number of carbonyl (C=O) groups excluding carboxylic acids is 2. The molecule has 0 saturated carbocycles. The van der Waals surface area contributed by atoms with E-state index in [1.807, 2.05) is 0 Å². The number of anilines is 2. The van der Waals surface area contributed by atoms with Crippen molar-refractivity contribution in [3.63, 3.8) is 0 Å². The number of rotatable bonds is 4. The predicted molar refractivity (Wildman–Crippen MR) is 87.2 cm³/mol. The van der Waals surface area contributed by atoms with Gasteiger partial charge in [-0.05, 0) is 40.2 Å². The lowest BCUT2D eigenvalue weighted by Crippen LogP contribution is -2.37. The molecule has 7 heteroatoms. The molecule has 2 aromatic rings. The minimum Gasteiger partial charge on any atom is -0.322 e. The van der Waals surface area contributed by atoms with Gasteiger partial charge in [0.25, 0.3) is 0 Å². The number of hydrogen-bond donors (Lipinski definition) is 1. The second kappa shape index (κ2) is 7.32. The second-order valence-corrected chi connectivity index (χ2v) is 5.58. The number of amides is 2. The van der Waals surface area contributed by atoms with Crippen LogP contribution in [0.3, 0.4) is 0 Å². The quantitative estimate of drug-likeness (QED) is 0.875. The van der Waals surface area contributed by atoms with Crippen molar-refractivity contribution < 1.29 is 18.4 Å². The summed E-state index contributed by atoms with van der Waals surface area (Å²) < 4.78 is 27.1. The summed E-state index contributed by atoms with van der Waals surface area (Å²) >= 11 is 3.31. The van der Waals surface area contributed by atoms with Crippen LogP contribution in [0.15, 0.2) is 46.9 Å². The number of hydrogen-bond acceptors (Lipinski definition) is 2. The fraction of sp³-hybridized carbons (Fsp3) is 0.125. The van der Waals surface area contributed by atoms with Crippen molar-refractivity contribution in [1.82, 2.24) is 0 Å². The molecule has 0 radical (unpaired) electrons. The van der Waals surface area contributed by atoms with Crippen LogP contribution in [-0.2, 0) is 9.59 Å². The molecule has 0 spiro atoms. The second-order valence-electron chi connectivity index (χ2n) is 4.73. The Morgan fingerprint density at radius 1 is 1.17 bits per heavy atom. The van der Waals surface area contributed by atoms with E-state index in [4.69, 9.17) is 0 Å². The Hall–Kier alpha value is -2.28. The molecule has 23 heavy (non-hydrogen) atoms. The molecular formula is C16H13BrF2N2O2. The Morgan fingerprint density at radius 3 is 2.48 bits per heavy atom. The van der Waals surface area contributed by atoms with Gasteiger partial charge in [0, 0.05) is 17.5 Å². The standard InChI is InChI=1S/C16H13BrF2N2O2/c1-10(22)21(15-5-3-2-4-12(15)17)9-16(23)20-14-7-6-11(18)8-13(14)19/h2-8H,9H2,1H3,(H,20,23). The molecule has 0 bridgehead atoms. The highest BCUT2D eigenvalue weighted by Gasteiger charge is 2.18. The van der Waals surface area contributed by atoms with E-state index in [9.17, 15) is 18.4 Å². The average molecular weight is 383 g/mol. The largest absolute Gasteiger partial charge is 0.322 e. The maximum atomic E-state index is 13.6. The van der Waals surface area contributed by atoms with Gasteiger partial charge in [0.2, 0.25) is 11.8 Å². The Labute approximate surface area is 140 Å². The molecule has 0 aliphatic carbocycles. The van der Waals surface area contributed by atoms with Gasteiger partial charge < -0.3 is 10.2 Å². The van der Waals surface area contributed by atoms with Crippen LogP contribution in [0.2, 0.25) is 0 Å². The van der Waals surface area contributed by atoms with Gasteiger partial charge in [0.05, 0.1) is 11.4 Å². The zero-order chi connectivity index (χ0) is 17.0. The van der Waals surface area contributed by atoms with Gasteiger partial charge in [0.1, 0.15) is 18.2 Å². The molecule has 0 aliphatic rings. The molecule has 2 amide bonds. The number of benzene rings is 2. The van der Waals surface area contributed by atoms with Crippen molar-refractivity contribution in [3.8, 4) is 0 Å². The summed E-state index contributed by atoms with van der Waals surface area (Å²) in [5.41, 5.74) is 0.377. The molecule has 0 unspecified atom stereocenters. The van der Waals surface area contributed by atoms with Crippen molar-refractivity contribution in [2.24, 2.45) is 0 Å². The van der Waals surface area contributed by atoms with Gasteiger partial charge in [-0.2, -0.15) is 0 Å². The molecule has 4 nitrogen and oxygen atoms in total. The van der Waals surface area contributed by atoms with E-state index in [1.165, 1.54) is 11.8 Å². The third-order valence-corrected chi connectivity index (χ3v) is 3.70. The molecule has 0 aliphatic heterocycles. The lowest BCUT2D eigenvalue weighted by Gasteiger charge is -2.22. The number of nitrogens with one attached hydrogen (secondary N) is 1. The Balaban J connectivity index is 2.16. The van der Waals surface area contributed by atoms with Crippen LogP contribution in [0, 0.1) is 11.6 Å². The highest BCUT2D eigenvalue weighted by atomic mass is 79.9. The van der Waals surface area contributed by atoms with Gasteiger partial charge in [-0.3, -0.25) is 9.59 Å². The predicted octanol–water partition coefficient (Wildman–Crippen LogP) is 3.72. The number of carbonyl (C=O) groups is 2. The molecule has 2 aromatic carbocycles. The minimum atomic E-state index is -0.881. The lowest BCUT2D eigenvalue weighted by atomic mass is 10.2. The first kappa shape index (κ1) is 17.1. The highest BCUT2D eigenvalue weighted by Crippen LogP contribution is 2.26. The molecule has 2 rings (SSSR count). The number of para-hydroxylation sites is 1. The third kappa shape index (κ3) is 4.35. The first-order chi connectivity index (χ1) is 10.9. The van der Waals surface area contributed by atoms with E-state index in [0.29, 0.717) is 16.2 Å². The van der Waals surface area contributed by atoms with Gasteiger partial charge >= 0.3 is 0 Å². The van der Waals surface area contributed by atoms with E-state index in [-0.39, 0.29) is 18.1 Å². The zero-order valence-corrected chi connectivity index (χ0v) is 13.7. The molecular weight excluding hydrogens is 370 g/mol. The van der Waals surface area contributed by atoms with Gasteiger partial charge in [0.15, 0.2) is 0 Å². The van der Waals surface area contributed by atoms with E-state index < -0.39 is 17.5 Å². The maximum Gasteiger partial charge on any atom is 0.244 e. The van der Waals surface area contributed by atoms with E-state index in [1.54, 1.807) is 24.3 Å². The molecule has 120 valence electrons. The van der Waals surface area contributed by atoms with Crippen LogP contribution in [0.25, 0.3) is 0 Å². The third-order valence-electron chi connectivity index (χ3n) is 3.03. The monoisotopic (exact) mass is 382 g/mol. The van der Waals surface area contributed by atoms with Crippen molar-refractivity contribution in [2.75, 3.05) is 16.8 Å². The van der Waals surface area contributed by atoms with Gasteiger partial charge in [-0.15, -0.1) is 0 Å². The number of nitrogens with zero attached hydrogens (tertiary/aromatic N) is 1. The van der Waals surface area contributed by atoms with Crippen LogP contribution in [0.5, 0.6) is 0 Å². The van der Waals surface area contributed by atoms with Gasteiger partial charge in [-0.25, -0.2) is 8.78 Å². The molecule has 0 fully saturated rings. The van der Waals surface area contributed by atoms with E-state index in [0.717, 1.165) is 12.1 Å². The fourth-order valence-electron chi connectivity index (χ4n) is 1.96. The van der Waals surface area contributed by atoms with Crippen molar-refractivity contribution in [2.45, 2.75) is 6.92 Å². The summed E-state index contributed by atoms with van der Waals surface area (Å²) in [5.74, 6) is -2.55. The Morgan fingerprint density at radius 2 is 1.87 bits per heavy atom. The summed E-state index contributed by atoms with van der Waals surface area (Å²) in [4.78, 5) is 25.1. The summed E-state index contributed by atoms with van der Waals surface area (Å²) in [5, 5.41) is 2.32. The first-order valence-corrected chi connectivity index (χ1v) is 7.45. The molecule has 0 heterocycles. The fourth-order valence-corrected chi connectivity index (χ4v) is 2.46. The normalized spacial score (nSPS) is 10.3. The van der Waals surface area contributed by atoms with Crippen LogP contribution in [0.4, 0.5) is 20.2 Å². The van der Waals surface area contributed by atoms with Crippen molar-refractivity contribution in [3.05, 3.63) is 58.6 Å². The summed E-state index contributed by atoms with van der Waals surface area (Å²) in [7, 11) is 0. The lowest BCUT2D eigenvalue weighted by molar-refractivity contribution is -0.120. The van der Waals surface area contributed by atoms with E-state index in [2.05, 4.69) is 21.2 Å². The summed E-state index contributed by atoms with van der Waals surface area (Å²) in [6.45, 7) is 1.03. The highest BCUT2D eigenvalue weighted by molar-refractivity contribution is 9.10. The average Bonchev–Trinajstić information content (AvgIpc) is 2.48. The topological polar surface area (TPSA) is 49.4 Å². The van der Waals surface area contributed by atoms with Gasteiger partial charge in [-0.1, -0.05) is 12.1 Å². The molecule has 0 aromatic heterocycles. The van der Waals surface area contributed by atoms with Crippen LogP contribution in [0.1, 0.15) is 6.92 Å². The first-order valence-electron chi connectivity index (χ1n) is 6.66. The Kier molecular flexibility index (Phi) is 5.44. The Bertz CT molecular complexity index is 753. The SMILES string of the molecule is CC(=O)N(CC(=O)Nc1ccc(F)cc1F)c1ccccc1Br. The minimum absolute atomic E-state index is 0.146. The van der Waals surface area contributed by atoms with Crippen LogP contribution in [-0.4, -0.2) is 18.4 Å². The number of halogens is 3. The van der Waals surface area contributed by atoms with Crippen LogP contribution < -0.4 is 10.2 Å². The maximum absolute atomic E-state index is 13.6. The zero-order valence-electron chi connectivity index (χ0n) is 12.1.